The fraction of sp³-hybridized carbons (Fsp3) is 0.476. The van der Waals surface area contributed by atoms with Crippen LogP contribution in [0.25, 0.3) is 0 Å². The second kappa shape index (κ2) is 9.74. The molecule has 4 rings (SSSR count). The Labute approximate surface area is 189 Å². The van der Waals surface area contributed by atoms with E-state index in [4.69, 9.17) is 11.6 Å². The summed E-state index contributed by atoms with van der Waals surface area (Å²) in [4.78, 5) is 41.8. The van der Waals surface area contributed by atoms with E-state index in [0.29, 0.717) is 23.8 Å². The van der Waals surface area contributed by atoms with Crippen molar-refractivity contribution in [2.24, 2.45) is 5.92 Å². The van der Waals surface area contributed by atoms with Gasteiger partial charge in [0.2, 0.25) is 15.9 Å². The lowest BCUT2D eigenvalue weighted by atomic mass is 9.95. The van der Waals surface area contributed by atoms with Crippen molar-refractivity contribution in [2.45, 2.75) is 32.1 Å². The highest BCUT2D eigenvalue weighted by atomic mass is 35.5. The molecule has 10 heteroatoms. The lowest BCUT2D eigenvalue weighted by Gasteiger charge is -2.35. The first-order valence-corrected chi connectivity index (χ1v) is 11.7. The van der Waals surface area contributed by atoms with Crippen LogP contribution in [0.15, 0.2) is 24.3 Å². The first-order valence-electron chi connectivity index (χ1n) is 10.5. The van der Waals surface area contributed by atoms with E-state index in [1.165, 1.54) is 6.42 Å². The molecule has 0 saturated carbocycles. The number of nitrogens with zero attached hydrogens (tertiary/aromatic N) is 4. The molecular formula is C21H24ClN5O3S. The minimum Gasteiger partial charge on any atom is -0.342 e. The number of hydrogen-bond donors (Lipinski definition) is 1. The van der Waals surface area contributed by atoms with Crippen LogP contribution in [0.4, 0.5) is 5.69 Å². The Hall–Kier alpha value is -2.52. The van der Waals surface area contributed by atoms with Crippen LogP contribution in [-0.2, 0) is 4.79 Å². The number of anilines is 1. The van der Waals surface area contributed by atoms with Crippen LogP contribution >= 0.6 is 22.9 Å². The molecule has 1 aromatic carbocycles. The summed E-state index contributed by atoms with van der Waals surface area (Å²) in [5.74, 6) is -0.733. The SMILES string of the molecule is O=C(Nc1ccc(Cl)cc1)c1nnc(C(=O)N2CCC[C@H](C(=O)N3CCCCC3)C2)s1. The summed E-state index contributed by atoms with van der Waals surface area (Å²) in [6.45, 7) is 2.59. The van der Waals surface area contributed by atoms with Crippen molar-refractivity contribution >= 4 is 46.3 Å². The second-order valence-electron chi connectivity index (χ2n) is 7.85. The molecule has 2 aliphatic heterocycles. The Morgan fingerprint density at radius 1 is 0.935 bits per heavy atom. The van der Waals surface area contributed by atoms with Gasteiger partial charge >= 0.3 is 0 Å². The van der Waals surface area contributed by atoms with Gasteiger partial charge in [-0.3, -0.25) is 14.4 Å². The number of hydrogen-bond acceptors (Lipinski definition) is 6. The van der Waals surface area contributed by atoms with Gasteiger partial charge in [0.1, 0.15) is 0 Å². The van der Waals surface area contributed by atoms with Crippen LogP contribution in [0.3, 0.4) is 0 Å². The molecular weight excluding hydrogens is 438 g/mol. The highest BCUT2D eigenvalue weighted by molar-refractivity contribution is 7.15. The van der Waals surface area contributed by atoms with Gasteiger partial charge in [-0.2, -0.15) is 0 Å². The van der Waals surface area contributed by atoms with Crippen LogP contribution in [0.5, 0.6) is 0 Å². The first kappa shape index (κ1) is 21.7. The molecule has 0 radical (unpaired) electrons. The summed E-state index contributed by atoms with van der Waals surface area (Å²) in [6, 6.07) is 6.70. The fourth-order valence-corrected chi connectivity index (χ4v) is 4.82. The standard InChI is InChI=1S/C21H24ClN5O3S/c22-15-6-8-16(9-7-15)23-17(28)18-24-25-19(31-18)21(30)27-12-4-5-14(13-27)20(29)26-10-2-1-3-11-26/h6-9,14H,1-5,10-13H2,(H,23,28)/t14-/m0/s1. The molecule has 2 aromatic rings. The van der Waals surface area contributed by atoms with E-state index < -0.39 is 5.91 Å². The minimum absolute atomic E-state index is 0.108. The summed E-state index contributed by atoms with van der Waals surface area (Å²) in [5.41, 5.74) is 0.576. The molecule has 0 aliphatic carbocycles. The summed E-state index contributed by atoms with van der Waals surface area (Å²) in [5, 5.41) is 11.4. The van der Waals surface area contributed by atoms with E-state index >= 15 is 0 Å². The molecule has 2 aliphatic rings. The Morgan fingerprint density at radius 3 is 2.35 bits per heavy atom. The van der Waals surface area contributed by atoms with Crippen LogP contribution in [0.2, 0.25) is 5.02 Å². The fourth-order valence-electron chi connectivity index (χ4n) is 3.99. The average molecular weight is 462 g/mol. The lowest BCUT2D eigenvalue weighted by molar-refractivity contribution is -0.137. The van der Waals surface area contributed by atoms with Crippen molar-refractivity contribution in [1.82, 2.24) is 20.0 Å². The molecule has 1 aromatic heterocycles. The maximum Gasteiger partial charge on any atom is 0.286 e. The van der Waals surface area contributed by atoms with Crippen LogP contribution in [0.1, 0.15) is 51.7 Å². The van der Waals surface area contributed by atoms with Gasteiger partial charge in [-0.05, 0) is 56.4 Å². The van der Waals surface area contributed by atoms with Crippen molar-refractivity contribution < 1.29 is 14.4 Å². The van der Waals surface area contributed by atoms with Gasteiger partial charge in [-0.1, -0.05) is 22.9 Å². The molecule has 3 heterocycles. The topological polar surface area (TPSA) is 95.5 Å². The van der Waals surface area contributed by atoms with Crippen molar-refractivity contribution in [1.29, 1.82) is 0 Å². The van der Waals surface area contributed by atoms with Crippen LogP contribution in [-0.4, -0.2) is 63.9 Å². The number of aromatic nitrogens is 2. The number of carbonyl (C=O) groups excluding carboxylic acids is 3. The van der Waals surface area contributed by atoms with E-state index in [-0.39, 0.29) is 27.7 Å². The summed E-state index contributed by atoms with van der Waals surface area (Å²) in [7, 11) is 0. The number of piperidine rings is 2. The third kappa shape index (κ3) is 5.22. The highest BCUT2D eigenvalue weighted by Gasteiger charge is 2.33. The predicted molar refractivity (Wildman–Crippen MR) is 118 cm³/mol. The van der Waals surface area contributed by atoms with Gasteiger partial charge in [-0.15, -0.1) is 10.2 Å². The number of likely N-dealkylation sites (tertiary alicyclic amines) is 2. The van der Waals surface area contributed by atoms with Crippen LogP contribution < -0.4 is 5.32 Å². The van der Waals surface area contributed by atoms with E-state index in [1.54, 1.807) is 29.2 Å². The molecule has 0 unspecified atom stereocenters. The molecule has 3 amide bonds. The minimum atomic E-state index is -0.435. The third-order valence-electron chi connectivity index (χ3n) is 5.63. The summed E-state index contributed by atoms with van der Waals surface area (Å²) >= 11 is 6.81. The number of halogens is 1. The maximum atomic E-state index is 12.9. The summed E-state index contributed by atoms with van der Waals surface area (Å²) < 4.78 is 0. The molecule has 0 bridgehead atoms. The Morgan fingerprint density at radius 2 is 1.61 bits per heavy atom. The zero-order valence-electron chi connectivity index (χ0n) is 17.1. The number of nitrogens with one attached hydrogen (secondary N) is 1. The quantitative estimate of drug-likeness (QED) is 0.753. The normalized spacial score (nSPS) is 19.2. The van der Waals surface area contributed by atoms with Gasteiger partial charge in [-0.25, -0.2) is 0 Å². The van der Waals surface area contributed by atoms with E-state index in [0.717, 1.165) is 50.1 Å². The molecule has 0 spiro atoms. The van der Waals surface area contributed by atoms with E-state index in [9.17, 15) is 14.4 Å². The molecule has 31 heavy (non-hydrogen) atoms. The number of carbonyl (C=O) groups is 3. The van der Waals surface area contributed by atoms with Crippen LogP contribution in [0, 0.1) is 5.92 Å². The van der Waals surface area contributed by atoms with Gasteiger partial charge in [0.15, 0.2) is 0 Å². The summed E-state index contributed by atoms with van der Waals surface area (Å²) in [6.07, 6.45) is 4.84. The zero-order valence-corrected chi connectivity index (χ0v) is 18.6. The average Bonchev–Trinajstić information content (AvgIpc) is 3.31. The van der Waals surface area contributed by atoms with Gasteiger partial charge < -0.3 is 15.1 Å². The largest absolute Gasteiger partial charge is 0.342 e. The van der Waals surface area contributed by atoms with Gasteiger partial charge in [0, 0.05) is 36.9 Å². The number of rotatable bonds is 4. The van der Waals surface area contributed by atoms with Crippen molar-refractivity contribution in [3.05, 3.63) is 39.3 Å². The first-order chi connectivity index (χ1) is 15.0. The van der Waals surface area contributed by atoms with Gasteiger partial charge in [0.25, 0.3) is 11.8 Å². The lowest BCUT2D eigenvalue weighted by Crippen LogP contribution is -2.47. The molecule has 2 saturated heterocycles. The Balaban J connectivity index is 1.37. The molecule has 1 N–H and O–H groups in total. The molecule has 164 valence electrons. The van der Waals surface area contributed by atoms with E-state index in [1.807, 2.05) is 4.90 Å². The Bertz CT molecular complexity index is 958. The van der Waals surface area contributed by atoms with Crippen molar-refractivity contribution in [3.63, 3.8) is 0 Å². The molecule has 2 fully saturated rings. The third-order valence-corrected chi connectivity index (χ3v) is 6.79. The number of benzene rings is 1. The molecule has 1 atom stereocenters. The predicted octanol–water partition coefficient (Wildman–Crippen LogP) is 3.31. The molecule has 8 nitrogen and oxygen atoms in total. The Kier molecular flexibility index (Phi) is 6.82. The maximum absolute atomic E-state index is 12.9. The van der Waals surface area contributed by atoms with E-state index in [2.05, 4.69) is 15.5 Å². The monoisotopic (exact) mass is 461 g/mol. The number of amides is 3. The van der Waals surface area contributed by atoms with Crippen molar-refractivity contribution in [2.75, 3.05) is 31.5 Å². The zero-order chi connectivity index (χ0) is 21.8. The van der Waals surface area contributed by atoms with Gasteiger partial charge in [0.05, 0.1) is 5.92 Å². The van der Waals surface area contributed by atoms with Crippen molar-refractivity contribution in [3.8, 4) is 0 Å². The highest BCUT2D eigenvalue weighted by Crippen LogP contribution is 2.24. The smallest absolute Gasteiger partial charge is 0.286 e. The second-order valence-corrected chi connectivity index (χ2v) is 9.26.